The zero-order chi connectivity index (χ0) is 5.98. The Morgan fingerprint density at radius 2 is 2.62 bits per heavy atom. The molecule has 0 aliphatic heterocycles. The first-order valence-corrected chi connectivity index (χ1v) is 3.65. The Balaban J connectivity index is 2.07. The maximum atomic E-state index is 9.68. The number of carbonyl (C=O) groups excluding carboxylic acids is 1. The molecule has 0 amide bonds. The topological polar surface area (TPSA) is 26.3 Å². The molecule has 1 saturated carbocycles. The van der Waals surface area contributed by atoms with Gasteiger partial charge in [0.2, 0.25) is 0 Å². The predicted molar refractivity (Wildman–Crippen MR) is 32.8 cm³/mol. The van der Waals surface area contributed by atoms with E-state index in [1.165, 1.54) is 0 Å². The van der Waals surface area contributed by atoms with Crippen LogP contribution in [0.4, 0.5) is 0 Å². The fraction of sp³-hybridized carbons (Fsp3) is 0.800. The zero-order valence-corrected chi connectivity index (χ0v) is 5.93. The third kappa shape index (κ3) is 1.22. The third-order valence-electron chi connectivity index (χ3n) is 1.29. The summed E-state index contributed by atoms with van der Waals surface area (Å²) in [6, 6.07) is 0. The number of carbonyl (C=O) groups is 1. The van der Waals surface area contributed by atoms with Crippen molar-refractivity contribution < 1.29 is 9.53 Å². The van der Waals surface area contributed by atoms with Crippen LogP contribution in [-0.4, -0.2) is 17.9 Å². The lowest BCUT2D eigenvalue weighted by Gasteiger charge is -1.89. The molecule has 3 heteroatoms. The molecule has 0 saturated heterocycles. The maximum absolute atomic E-state index is 9.68. The van der Waals surface area contributed by atoms with Crippen LogP contribution in [0.5, 0.6) is 0 Å². The molecule has 0 aromatic heterocycles. The molecule has 0 heterocycles. The van der Waals surface area contributed by atoms with Crippen LogP contribution in [0, 0.1) is 5.92 Å². The normalized spacial score (nSPS) is 34.1. The van der Waals surface area contributed by atoms with Crippen LogP contribution >= 0.6 is 15.9 Å². The Morgan fingerprint density at radius 1 is 1.88 bits per heavy atom. The van der Waals surface area contributed by atoms with Gasteiger partial charge in [0.15, 0.2) is 0 Å². The van der Waals surface area contributed by atoms with E-state index >= 15 is 0 Å². The summed E-state index contributed by atoms with van der Waals surface area (Å²) in [4.78, 5) is 9.68. The van der Waals surface area contributed by atoms with Gasteiger partial charge in [0.1, 0.15) is 6.10 Å². The van der Waals surface area contributed by atoms with Crippen LogP contribution in [0.2, 0.25) is 0 Å². The number of hydrogen-bond donors (Lipinski definition) is 0. The molecule has 0 unspecified atom stereocenters. The van der Waals surface area contributed by atoms with E-state index in [9.17, 15) is 4.79 Å². The number of halogens is 1. The molecule has 1 rings (SSSR count). The van der Waals surface area contributed by atoms with Crippen molar-refractivity contribution in [3.8, 4) is 0 Å². The van der Waals surface area contributed by atoms with Crippen LogP contribution in [0.1, 0.15) is 6.42 Å². The zero-order valence-electron chi connectivity index (χ0n) is 4.34. The fourth-order valence-corrected chi connectivity index (χ4v) is 1.30. The summed E-state index contributed by atoms with van der Waals surface area (Å²) in [6.45, 7) is 0.521. The summed E-state index contributed by atoms with van der Waals surface area (Å²) in [5.41, 5.74) is 0. The van der Waals surface area contributed by atoms with E-state index in [1.54, 1.807) is 0 Å². The van der Waals surface area contributed by atoms with Crippen LogP contribution in [-0.2, 0) is 9.53 Å². The molecule has 0 aromatic rings. The molecule has 0 aromatic carbocycles. The highest BCUT2D eigenvalue weighted by Crippen LogP contribution is 2.34. The average Bonchev–Trinajstić information content (AvgIpc) is 2.48. The number of hydrogen-bond acceptors (Lipinski definition) is 2. The van der Waals surface area contributed by atoms with Crippen LogP contribution < -0.4 is 0 Å². The van der Waals surface area contributed by atoms with E-state index in [1.807, 2.05) is 0 Å². The minimum absolute atomic E-state index is 0.215. The van der Waals surface area contributed by atoms with E-state index in [0.717, 1.165) is 11.8 Å². The van der Waals surface area contributed by atoms with Crippen LogP contribution in [0.15, 0.2) is 0 Å². The summed E-state index contributed by atoms with van der Waals surface area (Å²) in [6.07, 6.45) is 1.25. The Labute approximate surface area is 56.3 Å². The second-order valence-electron chi connectivity index (χ2n) is 1.92. The maximum Gasteiger partial charge on any atom is 0.293 e. The molecular formula is C5H7BrO2. The minimum Gasteiger partial charge on any atom is -0.464 e. The number of ether oxygens (including phenoxy) is 1. The summed E-state index contributed by atoms with van der Waals surface area (Å²) in [7, 11) is 0. The van der Waals surface area contributed by atoms with E-state index in [-0.39, 0.29) is 6.10 Å². The molecule has 0 N–H and O–H groups in total. The molecule has 2 atom stereocenters. The number of rotatable bonds is 3. The highest BCUT2D eigenvalue weighted by atomic mass is 79.9. The first-order chi connectivity index (χ1) is 3.88. The van der Waals surface area contributed by atoms with Gasteiger partial charge in [-0.1, -0.05) is 15.9 Å². The van der Waals surface area contributed by atoms with Gasteiger partial charge in [0, 0.05) is 11.2 Å². The van der Waals surface area contributed by atoms with Gasteiger partial charge in [-0.2, -0.15) is 0 Å². The molecule has 1 aliphatic carbocycles. The quantitative estimate of drug-likeness (QED) is 0.476. The second kappa shape index (κ2) is 2.49. The van der Waals surface area contributed by atoms with Crippen molar-refractivity contribution in [2.24, 2.45) is 5.92 Å². The molecule has 8 heavy (non-hydrogen) atoms. The van der Waals surface area contributed by atoms with Crippen molar-refractivity contribution >= 4 is 22.4 Å². The van der Waals surface area contributed by atoms with Crippen LogP contribution in [0.3, 0.4) is 0 Å². The van der Waals surface area contributed by atoms with Crippen molar-refractivity contribution in [1.29, 1.82) is 0 Å². The van der Waals surface area contributed by atoms with Crippen molar-refractivity contribution in [2.75, 3.05) is 5.33 Å². The summed E-state index contributed by atoms with van der Waals surface area (Å²) >= 11 is 3.29. The molecule has 2 nitrogen and oxygen atoms in total. The largest absolute Gasteiger partial charge is 0.464 e. The van der Waals surface area contributed by atoms with E-state index in [2.05, 4.69) is 20.7 Å². The lowest BCUT2D eigenvalue weighted by molar-refractivity contribution is -0.130. The highest BCUT2D eigenvalue weighted by molar-refractivity contribution is 9.09. The predicted octanol–water partition coefficient (Wildman–Crippen LogP) is 0.943. The van der Waals surface area contributed by atoms with E-state index in [4.69, 9.17) is 0 Å². The van der Waals surface area contributed by atoms with Crippen molar-refractivity contribution in [3.63, 3.8) is 0 Å². The van der Waals surface area contributed by atoms with E-state index in [0.29, 0.717) is 12.4 Å². The Bertz CT molecular complexity index is 94.4. The van der Waals surface area contributed by atoms with Crippen LogP contribution in [0.25, 0.3) is 0 Å². The highest BCUT2D eigenvalue weighted by Gasteiger charge is 2.37. The minimum atomic E-state index is 0.215. The smallest absolute Gasteiger partial charge is 0.293 e. The van der Waals surface area contributed by atoms with Crippen molar-refractivity contribution in [1.82, 2.24) is 0 Å². The SMILES string of the molecule is O=CO[C@H]1C[C@@H]1CBr. The Morgan fingerprint density at radius 3 is 3.00 bits per heavy atom. The van der Waals surface area contributed by atoms with Crippen molar-refractivity contribution in [3.05, 3.63) is 0 Å². The van der Waals surface area contributed by atoms with Gasteiger partial charge in [0.05, 0.1) is 0 Å². The van der Waals surface area contributed by atoms with E-state index < -0.39 is 0 Å². The average molecular weight is 179 g/mol. The van der Waals surface area contributed by atoms with Gasteiger partial charge in [-0.15, -0.1) is 0 Å². The monoisotopic (exact) mass is 178 g/mol. The molecule has 0 bridgehead atoms. The van der Waals surface area contributed by atoms with Gasteiger partial charge in [-0.25, -0.2) is 0 Å². The summed E-state index contributed by atoms with van der Waals surface area (Å²) < 4.78 is 4.65. The van der Waals surface area contributed by atoms with Gasteiger partial charge in [-0.3, -0.25) is 4.79 Å². The van der Waals surface area contributed by atoms with Gasteiger partial charge >= 0.3 is 0 Å². The van der Waals surface area contributed by atoms with Gasteiger partial charge < -0.3 is 4.74 Å². The lowest BCUT2D eigenvalue weighted by atomic mass is 10.5. The molecule has 1 fully saturated rings. The lowest BCUT2D eigenvalue weighted by Crippen LogP contribution is -1.93. The first-order valence-electron chi connectivity index (χ1n) is 2.53. The number of alkyl halides is 1. The van der Waals surface area contributed by atoms with Gasteiger partial charge in [0.25, 0.3) is 6.47 Å². The Hall–Kier alpha value is -0.0500. The van der Waals surface area contributed by atoms with Gasteiger partial charge in [-0.05, 0) is 6.42 Å². The Kier molecular flexibility index (Phi) is 1.89. The molecule has 46 valence electrons. The molecular weight excluding hydrogens is 172 g/mol. The summed E-state index contributed by atoms with van der Waals surface area (Å²) in [5, 5.41) is 0.950. The molecule has 0 radical (unpaired) electrons. The standard InChI is InChI=1S/C5H7BrO2/c6-2-4-1-5(4)8-3-7/h3-5H,1-2H2/t4-,5+/m1/s1. The van der Waals surface area contributed by atoms with Crippen molar-refractivity contribution in [2.45, 2.75) is 12.5 Å². The fourth-order valence-electron chi connectivity index (χ4n) is 0.620. The molecule has 0 spiro atoms. The first kappa shape index (κ1) is 6.08. The second-order valence-corrected chi connectivity index (χ2v) is 2.57. The summed E-state index contributed by atoms with van der Waals surface area (Å²) in [5.74, 6) is 0.584. The molecule has 1 aliphatic rings. The third-order valence-corrected chi connectivity index (χ3v) is 2.12.